The van der Waals surface area contributed by atoms with Crippen molar-refractivity contribution in [3.8, 4) is 0 Å². The van der Waals surface area contributed by atoms with E-state index in [2.05, 4.69) is 44.1 Å². The molecule has 4 rings (SSSR count). The Balaban J connectivity index is 1.29. The minimum atomic E-state index is -1.78. The number of amides is 1. The number of benzene rings is 2. The summed E-state index contributed by atoms with van der Waals surface area (Å²) >= 11 is 0. The number of hydrogen-bond donors (Lipinski definition) is 1. The van der Waals surface area contributed by atoms with Gasteiger partial charge in [-0.2, -0.15) is 0 Å². The van der Waals surface area contributed by atoms with Crippen LogP contribution >= 0.6 is 0 Å². The highest BCUT2D eigenvalue weighted by molar-refractivity contribution is 6.74. The van der Waals surface area contributed by atoms with Crippen LogP contribution in [0.15, 0.2) is 48.5 Å². The Kier molecular flexibility index (Phi) is 6.07. The maximum absolute atomic E-state index is 14.8. The van der Waals surface area contributed by atoms with Crippen LogP contribution in [0.25, 0.3) is 0 Å². The van der Waals surface area contributed by atoms with Gasteiger partial charge in [0.2, 0.25) is 0 Å². The van der Waals surface area contributed by atoms with Crippen molar-refractivity contribution in [2.24, 2.45) is 11.8 Å². The van der Waals surface area contributed by atoms with E-state index in [4.69, 9.17) is 9.16 Å². The highest BCUT2D eigenvalue weighted by Gasteiger charge is 2.59. The third-order valence-electron chi connectivity index (χ3n) is 7.10. The van der Waals surface area contributed by atoms with E-state index < -0.39 is 14.4 Å². The topological polar surface area (TPSA) is 50.8 Å². The largest absolute Gasteiger partial charge is 0.444 e. The minimum Gasteiger partial charge on any atom is -0.444 e. The van der Waals surface area contributed by atoms with Crippen LogP contribution in [0.4, 0.5) is 20.6 Å². The molecule has 5 nitrogen and oxygen atoms in total. The predicted molar refractivity (Wildman–Crippen MR) is 128 cm³/mol. The van der Waals surface area contributed by atoms with E-state index in [-0.39, 0.29) is 17.5 Å². The lowest BCUT2D eigenvalue weighted by Gasteiger charge is -2.37. The van der Waals surface area contributed by atoms with Crippen molar-refractivity contribution in [3.63, 3.8) is 0 Å². The number of fused-ring (bicyclic) bond motifs is 1. The molecule has 2 aliphatic rings. The maximum atomic E-state index is 14.8. The molecular formula is C25H33FN2O3Si. The zero-order valence-corrected chi connectivity index (χ0v) is 20.5. The minimum absolute atomic E-state index is 0.169. The standard InChI is InChI=1S/C25H33FN2O3Si/c1-25(2,3)32(4,5)31-23-19-14-28(15-20(19)23)22-12-11-18(13-21(22)26)27-24(29)30-16-17-9-7-6-8-10-17/h6-13,19-20,23H,14-16H2,1-5H3,(H,27,29)/t19-,20+,23+. The van der Waals surface area contributed by atoms with Crippen molar-refractivity contribution in [1.82, 2.24) is 0 Å². The number of carbonyl (C=O) groups excluding carboxylic acids is 1. The SMILES string of the molecule is CC(C)(C)[Si](C)(C)O[C@H]1[C@@H]2CN(c3ccc(NC(=O)OCc4ccccc4)cc3F)C[C@@H]21. The average Bonchev–Trinajstić information content (AvgIpc) is 3.15. The monoisotopic (exact) mass is 456 g/mol. The molecule has 32 heavy (non-hydrogen) atoms. The number of nitrogens with zero attached hydrogens (tertiary/aromatic N) is 1. The second-order valence-corrected chi connectivity index (χ2v) is 15.2. The van der Waals surface area contributed by atoms with Crippen LogP contribution < -0.4 is 10.2 Å². The highest BCUT2D eigenvalue weighted by atomic mass is 28.4. The first-order valence-corrected chi connectivity index (χ1v) is 14.2. The van der Waals surface area contributed by atoms with Gasteiger partial charge in [-0.1, -0.05) is 51.1 Å². The van der Waals surface area contributed by atoms with Gasteiger partial charge in [-0.15, -0.1) is 0 Å². The third-order valence-corrected chi connectivity index (χ3v) is 11.6. The number of carbonyl (C=O) groups is 1. The molecular weight excluding hydrogens is 423 g/mol. The Morgan fingerprint density at radius 2 is 1.78 bits per heavy atom. The van der Waals surface area contributed by atoms with Gasteiger partial charge in [0.1, 0.15) is 12.4 Å². The molecule has 0 spiro atoms. The zero-order valence-electron chi connectivity index (χ0n) is 19.5. The first-order valence-electron chi connectivity index (χ1n) is 11.3. The Hall–Kier alpha value is -2.38. The quantitative estimate of drug-likeness (QED) is 0.539. The summed E-state index contributed by atoms with van der Waals surface area (Å²) in [6.45, 7) is 13.1. The van der Waals surface area contributed by atoms with Gasteiger partial charge >= 0.3 is 6.09 Å². The van der Waals surface area contributed by atoms with Gasteiger partial charge in [-0.25, -0.2) is 9.18 Å². The Labute approximate surface area is 191 Å². The Morgan fingerprint density at radius 3 is 2.38 bits per heavy atom. The molecule has 7 heteroatoms. The molecule has 0 unspecified atom stereocenters. The van der Waals surface area contributed by atoms with E-state index in [0.29, 0.717) is 29.3 Å². The van der Waals surface area contributed by atoms with Crippen LogP contribution in [-0.2, 0) is 15.8 Å². The summed E-state index contributed by atoms with van der Waals surface area (Å²) in [6, 6.07) is 14.2. The summed E-state index contributed by atoms with van der Waals surface area (Å²) in [5, 5.41) is 2.80. The van der Waals surface area contributed by atoms with E-state index >= 15 is 0 Å². The number of rotatable bonds is 6. The Morgan fingerprint density at radius 1 is 1.12 bits per heavy atom. The summed E-state index contributed by atoms with van der Waals surface area (Å²) in [6.07, 6.45) is -0.287. The number of ether oxygens (including phenoxy) is 1. The fourth-order valence-electron chi connectivity index (χ4n) is 4.08. The molecule has 0 radical (unpaired) electrons. The third kappa shape index (κ3) is 4.83. The van der Waals surface area contributed by atoms with E-state index in [1.54, 1.807) is 12.1 Å². The number of hydrogen-bond acceptors (Lipinski definition) is 4. The molecule has 1 saturated heterocycles. The molecule has 1 aliphatic carbocycles. The fourth-order valence-corrected chi connectivity index (χ4v) is 5.46. The number of anilines is 2. The van der Waals surface area contributed by atoms with Crippen molar-refractivity contribution < 1.29 is 18.3 Å². The van der Waals surface area contributed by atoms with Gasteiger partial charge < -0.3 is 14.1 Å². The maximum Gasteiger partial charge on any atom is 0.411 e. The Bertz CT molecular complexity index is 965. The van der Waals surface area contributed by atoms with Crippen LogP contribution in [0.1, 0.15) is 26.3 Å². The molecule has 1 saturated carbocycles. The van der Waals surface area contributed by atoms with E-state index in [1.807, 2.05) is 30.3 Å². The predicted octanol–water partition coefficient (Wildman–Crippen LogP) is 6.03. The van der Waals surface area contributed by atoms with Gasteiger partial charge in [-0.3, -0.25) is 5.32 Å². The van der Waals surface area contributed by atoms with Gasteiger partial charge in [0.25, 0.3) is 0 Å². The molecule has 1 N–H and O–H groups in total. The first-order chi connectivity index (χ1) is 15.0. The lowest BCUT2D eigenvalue weighted by atomic mass is 10.2. The molecule has 1 aliphatic heterocycles. The zero-order chi connectivity index (χ0) is 23.1. The van der Waals surface area contributed by atoms with Gasteiger partial charge in [0.05, 0.1) is 11.8 Å². The second-order valence-electron chi connectivity index (χ2n) is 10.4. The van der Waals surface area contributed by atoms with Crippen molar-refractivity contribution >= 4 is 25.8 Å². The van der Waals surface area contributed by atoms with Crippen LogP contribution in [0.5, 0.6) is 0 Å². The van der Waals surface area contributed by atoms with E-state index in [9.17, 15) is 9.18 Å². The van der Waals surface area contributed by atoms with Crippen molar-refractivity contribution in [1.29, 1.82) is 0 Å². The highest BCUT2D eigenvalue weighted by Crippen LogP contribution is 2.52. The first kappa shape index (κ1) is 22.8. The molecule has 0 aromatic heterocycles. The van der Waals surface area contributed by atoms with Gasteiger partial charge in [-0.05, 0) is 41.9 Å². The lowest BCUT2D eigenvalue weighted by molar-refractivity contribution is 0.155. The molecule has 1 amide bonds. The number of piperidine rings is 1. The lowest BCUT2D eigenvalue weighted by Crippen LogP contribution is -2.43. The summed E-state index contributed by atoms with van der Waals surface area (Å²) in [5.74, 6) is 0.623. The summed E-state index contributed by atoms with van der Waals surface area (Å²) in [5.41, 5.74) is 1.85. The molecule has 2 fully saturated rings. The smallest absolute Gasteiger partial charge is 0.411 e. The van der Waals surface area contributed by atoms with E-state index in [1.165, 1.54) is 6.07 Å². The molecule has 172 valence electrons. The second kappa shape index (κ2) is 8.52. The summed E-state index contributed by atoms with van der Waals surface area (Å²) in [4.78, 5) is 14.1. The molecule has 2 aromatic carbocycles. The van der Waals surface area contributed by atoms with Crippen molar-refractivity contribution in [3.05, 3.63) is 59.9 Å². The molecule has 3 atom stereocenters. The van der Waals surface area contributed by atoms with Crippen LogP contribution in [-0.4, -0.2) is 33.6 Å². The molecule has 0 bridgehead atoms. The average molecular weight is 457 g/mol. The van der Waals surface area contributed by atoms with Gasteiger partial charge in [0.15, 0.2) is 8.32 Å². The van der Waals surface area contributed by atoms with E-state index in [0.717, 1.165) is 18.7 Å². The molecule has 1 heterocycles. The summed E-state index contributed by atoms with van der Waals surface area (Å²) < 4.78 is 26.6. The number of nitrogens with one attached hydrogen (secondary N) is 1. The van der Waals surface area contributed by atoms with Crippen LogP contribution in [0.3, 0.4) is 0 Å². The van der Waals surface area contributed by atoms with Crippen LogP contribution in [0.2, 0.25) is 18.1 Å². The van der Waals surface area contributed by atoms with Crippen LogP contribution in [0, 0.1) is 17.7 Å². The normalized spacial score (nSPS) is 22.4. The number of halogens is 1. The fraction of sp³-hybridized carbons (Fsp3) is 0.480. The van der Waals surface area contributed by atoms with Crippen molar-refractivity contribution in [2.45, 2.75) is 51.6 Å². The van der Waals surface area contributed by atoms with Gasteiger partial charge in [0, 0.05) is 30.6 Å². The summed E-state index contributed by atoms with van der Waals surface area (Å²) in [7, 11) is -1.78. The van der Waals surface area contributed by atoms with Crippen molar-refractivity contribution in [2.75, 3.05) is 23.3 Å². The molecule has 2 aromatic rings.